The molecule has 0 saturated carbocycles. The van der Waals surface area contributed by atoms with E-state index in [0.717, 1.165) is 16.7 Å². The van der Waals surface area contributed by atoms with Gasteiger partial charge in [-0.25, -0.2) is 0 Å². The van der Waals surface area contributed by atoms with Crippen LogP contribution in [0.3, 0.4) is 0 Å². The Morgan fingerprint density at radius 1 is 1.00 bits per heavy atom. The quantitative estimate of drug-likeness (QED) is 0.726. The van der Waals surface area contributed by atoms with Crippen LogP contribution in [0.5, 0.6) is 28.7 Å². The van der Waals surface area contributed by atoms with Crippen LogP contribution in [-0.4, -0.2) is 45.3 Å². The lowest BCUT2D eigenvalue weighted by Crippen LogP contribution is -2.35. The van der Waals surface area contributed by atoms with Crippen molar-refractivity contribution in [1.29, 1.82) is 0 Å². The Balaban J connectivity index is 1.75. The van der Waals surface area contributed by atoms with Crippen LogP contribution in [0.4, 0.5) is 0 Å². The molecule has 0 radical (unpaired) electrons. The summed E-state index contributed by atoms with van der Waals surface area (Å²) in [6.07, 6.45) is -0.303. The molecule has 2 aromatic carbocycles. The van der Waals surface area contributed by atoms with Crippen LogP contribution in [0.25, 0.3) is 0 Å². The largest absolute Gasteiger partial charge is 0.502 e. The average molecular weight is 428 g/mol. The highest BCUT2D eigenvalue weighted by Gasteiger charge is 2.53. The van der Waals surface area contributed by atoms with E-state index >= 15 is 0 Å². The zero-order valence-electron chi connectivity index (χ0n) is 17.5. The van der Waals surface area contributed by atoms with E-state index in [4.69, 9.17) is 28.4 Å². The molecule has 0 spiro atoms. The van der Waals surface area contributed by atoms with Crippen LogP contribution in [0.1, 0.15) is 35.6 Å². The summed E-state index contributed by atoms with van der Waals surface area (Å²) in [6.45, 7) is 2.87. The number of carbonyl (C=O) groups excluding carboxylic acids is 1. The van der Waals surface area contributed by atoms with Gasteiger partial charge < -0.3 is 33.5 Å². The summed E-state index contributed by atoms with van der Waals surface area (Å²) in [5, 5.41) is 10.4. The Labute approximate surface area is 179 Å². The van der Waals surface area contributed by atoms with Gasteiger partial charge in [0.2, 0.25) is 12.5 Å². The van der Waals surface area contributed by atoms with Crippen LogP contribution in [0.2, 0.25) is 0 Å². The molecule has 4 atom stereocenters. The number of benzene rings is 2. The Kier molecular flexibility index (Phi) is 4.81. The molecule has 2 aromatic rings. The first kappa shape index (κ1) is 19.8. The monoisotopic (exact) mass is 428 g/mol. The summed E-state index contributed by atoms with van der Waals surface area (Å²) in [5.74, 6) is 0.498. The van der Waals surface area contributed by atoms with E-state index in [1.807, 2.05) is 19.1 Å². The molecule has 2 heterocycles. The second kappa shape index (κ2) is 7.53. The van der Waals surface area contributed by atoms with Crippen molar-refractivity contribution < 1.29 is 38.3 Å². The van der Waals surface area contributed by atoms with Gasteiger partial charge in [-0.1, -0.05) is 0 Å². The topological polar surface area (TPSA) is 92.7 Å². The third-order valence-corrected chi connectivity index (χ3v) is 6.33. The molecule has 0 aromatic heterocycles. The molecule has 0 amide bonds. The second-order valence-electron chi connectivity index (χ2n) is 7.78. The molecule has 2 aliphatic heterocycles. The summed E-state index contributed by atoms with van der Waals surface area (Å²) < 4.78 is 33.6. The number of aromatic hydroxyl groups is 1. The van der Waals surface area contributed by atoms with E-state index in [2.05, 4.69) is 0 Å². The number of phenolic OH excluding ortho intramolecular Hbond substituents is 1. The molecule has 0 bridgehead atoms. The van der Waals surface area contributed by atoms with Crippen LogP contribution in [0.15, 0.2) is 24.3 Å². The van der Waals surface area contributed by atoms with Gasteiger partial charge in [-0.15, -0.1) is 0 Å². The van der Waals surface area contributed by atoms with Crippen molar-refractivity contribution in [2.24, 2.45) is 11.8 Å². The van der Waals surface area contributed by atoms with E-state index < -0.39 is 5.92 Å². The third kappa shape index (κ3) is 2.96. The van der Waals surface area contributed by atoms with Gasteiger partial charge in [-0.2, -0.15) is 0 Å². The van der Waals surface area contributed by atoms with Crippen molar-refractivity contribution in [1.82, 2.24) is 0 Å². The summed E-state index contributed by atoms with van der Waals surface area (Å²) in [6, 6.07) is 7.34. The minimum absolute atomic E-state index is 0.0896. The zero-order chi connectivity index (χ0) is 21.7. The summed E-state index contributed by atoms with van der Waals surface area (Å²) in [7, 11) is 2.95. The number of ether oxygens (including phenoxy) is 6. The Bertz CT molecular complexity index is 1010. The van der Waals surface area contributed by atoms with Crippen molar-refractivity contribution in [3.05, 3.63) is 41.0 Å². The molecule has 164 valence electrons. The fourth-order valence-corrected chi connectivity index (χ4v) is 5.00. The normalized spacial score (nSPS) is 25.6. The molecule has 31 heavy (non-hydrogen) atoms. The van der Waals surface area contributed by atoms with Gasteiger partial charge in [-0.05, 0) is 47.9 Å². The van der Waals surface area contributed by atoms with Gasteiger partial charge in [-0.3, -0.25) is 4.79 Å². The fraction of sp³-hybridized carbons (Fsp3) is 0.435. The third-order valence-electron chi connectivity index (χ3n) is 6.33. The molecule has 3 aliphatic rings. The van der Waals surface area contributed by atoms with E-state index in [0.29, 0.717) is 18.1 Å². The van der Waals surface area contributed by atoms with Crippen molar-refractivity contribution in [2.45, 2.75) is 18.9 Å². The molecule has 8 nitrogen and oxygen atoms in total. The van der Waals surface area contributed by atoms with Gasteiger partial charge in [0, 0.05) is 18.4 Å². The molecule has 1 N–H and O–H groups in total. The van der Waals surface area contributed by atoms with Gasteiger partial charge in [0.1, 0.15) is 0 Å². The number of rotatable bonds is 5. The minimum Gasteiger partial charge on any atom is -0.502 e. The van der Waals surface area contributed by atoms with Crippen LogP contribution < -0.4 is 18.9 Å². The van der Waals surface area contributed by atoms with Gasteiger partial charge >= 0.3 is 5.97 Å². The lowest BCUT2D eigenvalue weighted by molar-refractivity contribution is -0.141. The standard InChI is InChI=1S/C23H24O8/c1-4-28-22-13-8-16-15(30-10-31-16)7-12(13)19(20-14(22)9-29-23(20)25)11-5-17(26-2)21(24)18(6-11)27-3/h5-8,14,19-20,22,24H,4,9-10H2,1-3H3/t14-,19+,20-,22+/m0/s1. The predicted octanol–water partition coefficient (Wildman–Crippen LogP) is 3.15. The van der Waals surface area contributed by atoms with Crippen LogP contribution in [-0.2, 0) is 14.3 Å². The number of cyclic esters (lactones) is 1. The van der Waals surface area contributed by atoms with E-state index in [-0.39, 0.29) is 54.6 Å². The second-order valence-corrected chi connectivity index (χ2v) is 7.78. The Morgan fingerprint density at radius 2 is 1.65 bits per heavy atom. The molecule has 0 unspecified atom stereocenters. The highest BCUT2D eigenvalue weighted by molar-refractivity contribution is 5.79. The molecule has 5 rings (SSSR count). The Morgan fingerprint density at radius 3 is 2.26 bits per heavy atom. The number of hydrogen-bond acceptors (Lipinski definition) is 8. The molecule has 8 heteroatoms. The van der Waals surface area contributed by atoms with Crippen molar-refractivity contribution in [2.75, 3.05) is 34.2 Å². The minimum atomic E-state index is -0.455. The van der Waals surface area contributed by atoms with Crippen molar-refractivity contribution in [3.63, 3.8) is 0 Å². The van der Waals surface area contributed by atoms with E-state index in [1.54, 1.807) is 12.1 Å². The zero-order valence-corrected chi connectivity index (χ0v) is 17.5. The number of hydrogen-bond donors (Lipinski definition) is 1. The number of phenols is 1. The summed E-state index contributed by atoms with van der Waals surface area (Å²) in [5.41, 5.74) is 2.62. The lowest BCUT2D eigenvalue weighted by atomic mass is 9.66. The Hall–Kier alpha value is -3.13. The van der Waals surface area contributed by atoms with Crippen LogP contribution >= 0.6 is 0 Å². The highest BCUT2D eigenvalue weighted by atomic mass is 16.7. The molecule has 1 saturated heterocycles. The first-order valence-corrected chi connectivity index (χ1v) is 10.2. The van der Waals surface area contributed by atoms with Gasteiger partial charge in [0.25, 0.3) is 0 Å². The number of methoxy groups -OCH3 is 2. The molecule has 1 fully saturated rings. The summed E-state index contributed by atoms with van der Waals surface area (Å²) >= 11 is 0. The van der Waals surface area contributed by atoms with Gasteiger partial charge in [0.15, 0.2) is 23.0 Å². The number of carbonyl (C=O) groups is 1. The summed E-state index contributed by atoms with van der Waals surface area (Å²) in [4.78, 5) is 12.9. The maximum atomic E-state index is 12.9. The van der Waals surface area contributed by atoms with Gasteiger partial charge in [0.05, 0.1) is 32.8 Å². The lowest BCUT2D eigenvalue weighted by Gasteiger charge is -2.39. The first-order valence-electron chi connectivity index (χ1n) is 10.2. The first-order chi connectivity index (χ1) is 15.1. The van der Waals surface area contributed by atoms with Crippen LogP contribution in [0, 0.1) is 11.8 Å². The predicted molar refractivity (Wildman–Crippen MR) is 108 cm³/mol. The van der Waals surface area contributed by atoms with Crippen molar-refractivity contribution >= 4 is 5.97 Å². The van der Waals surface area contributed by atoms with E-state index in [1.165, 1.54) is 14.2 Å². The maximum Gasteiger partial charge on any atom is 0.310 e. The van der Waals surface area contributed by atoms with E-state index in [9.17, 15) is 9.90 Å². The smallest absolute Gasteiger partial charge is 0.310 e. The molecule has 1 aliphatic carbocycles. The maximum absolute atomic E-state index is 12.9. The molecular weight excluding hydrogens is 404 g/mol. The van der Waals surface area contributed by atoms with Crippen molar-refractivity contribution in [3.8, 4) is 28.7 Å². The number of fused-ring (bicyclic) bond motifs is 3. The SMILES string of the molecule is CCO[C@@H]1c2cc3c(cc2[C@@H](c2cc(OC)c(O)c(OC)c2)[C@H]2C(=O)OC[C@@H]21)OCO3. The number of esters is 1. The fourth-order valence-electron chi connectivity index (χ4n) is 5.00. The highest BCUT2D eigenvalue weighted by Crippen LogP contribution is 2.56. The molecular formula is C23H24O8. The average Bonchev–Trinajstić information content (AvgIpc) is 3.39.